The molecule has 8 nitrogen and oxygen atoms in total. The van der Waals surface area contributed by atoms with Crippen LogP contribution in [0.3, 0.4) is 0 Å². The number of para-hydroxylation sites is 2. The fraction of sp³-hybridized carbons (Fsp3) is 0.263. The first kappa shape index (κ1) is 20.0. The maximum absolute atomic E-state index is 13.1. The monoisotopic (exact) mass is 432 g/mol. The Balaban J connectivity index is 1.59. The van der Waals surface area contributed by atoms with E-state index in [1.807, 2.05) is 19.1 Å². The first-order valence-corrected chi connectivity index (χ1v) is 9.99. The van der Waals surface area contributed by atoms with E-state index in [0.717, 1.165) is 21.4 Å². The van der Waals surface area contributed by atoms with Crippen molar-refractivity contribution in [2.24, 2.45) is 0 Å². The molecule has 0 aliphatic heterocycles. The third-order valence-electron chi connectivity index (χ3n) is 4.67. The van der Waals surface area contributed by atoms with Gasteiger partial charge in [-0.25, -0.2) is 14.8 Å². The third kappa shape index (κ3) is 3.41. The Hall–Kier alpha value is -3.34. The highest BCUT2D eigenvalue weighted by atomic mass is 32.1. The van der Waals surface area contributed by atoms with Gasteiger partial charge < -0.3 is 5.32 Å². The van der Waals surface area contributed by atoms with Crippen molar-refractivity contribution in [1.82, 2.24) is 23.7 Å². The number of aryl methyl sites for hydroxylation is 2. The van der Waals surface area contributed by atoms with Crippen molar-refractivity contribution in [1.29, 1.82) is 0 Å². The SMILES string of the molecule is CCn1c(=O)n(CC(=O)Nc2nc(C)c(-c3nccn3C(F)F)s2)c2ccccc21. The molecule has 30 heavy (non-hydrogen) atoms. The second kappa shape index (κ2) is 7.82. The number of carbonyl (C=O) groups is 1. The highest BCUT2D eigenvalue weighted by Crippen LogP contribution is 2.33. The number of carbonyl (C=O) groups excluding carboxylic acids is 1. The smallest absolute Gasteiger partial charge is 0.300 e. The van der Waals surface area contributed by atoms with Gasteiger partial charge in [0.2, 0.25) is 5.91 Å². The van der Waals surface area contributed by atoms with Crippen LogP contribution >= 0.6 is 11.3 Å². The van der Waals surface area contributed by atoms with E-state index < -0.39 is 12.5 Å². The lowest BCUT2D eigenvalue weighted by Gasteiger charge is -2.04. The lowest BCUT2D eigenvalue weighted by Crippen LogP contribution is -2.29. The Morgan fingerprint density at radius 1 is 1.23 bits per heavy atom. The van der Waals surface area contributed by atoms with Crippen LogP contribution in [-0.4, -0.2) is 29.6 Å². The van der Waals surface area contributed by atoms with Crippen molar-refractivity contribution < 1.29 is 13.6 Å². The summed E-state index contributed by atoms with van der Waals surface area (Å²) in [7, 11) is 0. The molecular weight excluding hydrogens is 414 g/mol. The average molecular weight is 432 g/mol. The largest absolute Gasteiger partial charge is 0.329 e. The second-order valence-corrected chi connectivity index (χ2v) is 7.52. The van der Waals surface area contributed by atoms with Gasteiger partial charge in [0.15, 0.2) is 11.0 Å². The van der Waals surface area contributed by atoms with Crippen molar-refractivity contribution in [3.63, 3.8) is 0 Å². The van der Waals surface area contributed by atoms with Crippen molar-refractivity contribution in [2.75, 3.05) is 5.32 Å². The number of nitrogens with zero attached hydrogens (tertiary/aromatic N) is 5. The highest BCUT2D eigenvalue weighted by molar-refractivity contribution is 7.19. The molecule has 4 aromatic rings. The first-order chi connectivity index (χ1) is 14.4. The number of amides is 1. The van der Waals surface area contributed by atoms with Gasteiger partial charge in [-0.3, -0.25) is 18.5 Å². The molecule has 0 saturated carbocycles. The Bertz CT molecular complexity index is 1290. The summed E-state index contributed by atoms with van der Waals surface area (Å²) < 4.78 is 30.0. The van der Waals surface area contributed by atoms with E-state index in [2.05, 4.69) is 15.3 Å². The van der Waals surface area contributed by atoms with E-state index in [9.17, 15) is 18.4 Å². The summed E-state index contributed by atoms with van der Waals surface area (Å²) in [4.78, 5) is 33.9. The topological polar surface area (TPSA) is 86.7 Å². The van der Waals surface area contributed by atoms with Crippen LogP contribution < -0.4 is 11.0 Å². The minimum atomic E-state index is -2.73. The van der Waals surface area contributed by atoms with Crippen LogP contribution in [-0.2, 0) is 17.9 Å². The van der Waals surface area contributed by atoms with Crippen LogP contribution in [0.15, 0.2) is 41.5 Å². The number of hydrogen-bond donors (Lipinski definition) is 1. The molecule has 0 bridgehead atoms. The van der Waals surface area contributed by atoms with E-state index in [1.54, 1.807) is 23.6 Å². The van der Waals surface area contributed by atoms with Gasteiger partial charge in [0.25, 0.3) is 0 Å². The molecule has 1 amide bonds. The molecule has 0 fully saturated rings. The number of fused-ring (bicyclic) bond motifs is 1. The number of anilines is 1. The maximum Gasteiger partial charge on any atom is 0.329 e. The van der Waals surface area contributed by atoms with Gasteiger partial charge >= 0.3 is 12.2 Å². The Kier molecular flexibility index (Phi) is 5.20. The Morgan fingerprint density at radius 3 is 2.60 bits per heavy atom. The van der Waals surface area contributed by atoms with E-state index in [1.165, 1.54) is 17.0 Å². The molecule has 0 saturated heterocycles. The molecule has 4 rings (SSSR count). The summed E-state index contributed by atoms with van der Waals surface area (Å²) >= 11 is 1.05. The summed E-state index contributed by atoms with van der Waals surface area (Å²) in [5, 5.41) is 2.91. The van der Waals surface area contributed by atoms with Gasteiger partial charge in [0.05, 0.1) is 21.6 Å². The Morgan fingerprint density at radius 2 is 1.93 bits per heavy atom. The molecule has 3 heterocycles. The van der Waals surface area contributed by atoms with Gasteiger partial charge in [-0.1, -0.05) is 23.5 Å². The van der Waals surface area contributed by atoms with Crippen LogP contribution in [0.25, 0.3) is 21.7 Å². The zero-order valence-corrected chi connectivity index (χ0v) is 17.0. The lowest BCUT2D eigenvalue weighted by atomic mass is 10.3. The average Bonchev–Trinajstić information content (AvgIpc) is 3.39. The van der Waals surface area contributed by atoms with Crippen molar-refractivity contribution in [3.05, 3.63) is 52.8 Å². The predicted molar refractivity (Wildman–Crippen MR) is 110 cm³/mol. The van der Waals surface area contributed by atoms with Gasteiger partial charge in [0, 0.05) is 18.9 Å². The number of nitrogens with one attached hydrogen (secondary N) is 1. The molecule has 3 aromatic heterocycles. The van der Waals surface area contributed by atoms with E-state index in [4.69, 9.17) is 0 Å². The van der Waals surface area contributed by atoms with Gasteiger partial charge in [-0.15, -0.1) is 0 Å². The van der Waals surface area contributed by atoms with Crippen molar-refractivity contribution in [2.45, 2.75) is 33.5 Å². The van der Waals surface area contributed by atoms with Crippen LogP contribution in [0.5, 0.6) is 0 Å². The van der Waals surface area contributed by atoms with Crippen molar-refractivity contribution in [3.8, 4) is 10.7 Å². The molecule has 1 N–H and O–H groups in total. The standard InChI is InChI=1S/C19H18F2N6O2S/c1-3-25-12-6-4-5-7-13(12)27(19(25)29)10-14(28)24-18-23-11(2)15(30-18)16-22-8-9-26(16)17(20)21/h4-9,17H,3,10H2,1-2H3,(H,23,24,28). The number of hydrogen-bond acceptors (Lipinski definition) is 5. The number of halogens is 2. The van der Waals surface area contributed by atoms with Crippen LogP contribution in [0.2, 0.25) is 0 Å². The molecule has 0 spiro atoms. The molecule has 1 aromatic carbocycles. The molecular formula is C19H18F2N6O2S. The molecule has 0 unspecified atom stereocenters. The molecule has 11 heteroatoms. The molecule has 0 radical (unpaired) electrons. The number of thiazole rings is 1. The lowest BCUT2D eigenvalue weighted by molar-refractivity contribution is -0.116. The second-order valence-electron chi connectivity index (χ2n) is 6.52. The quantitative estimate of drug-likeness (QED) is 0.505. The number of rotatable bonds is 6. The van der Waals surface area contributed by atoms with E-state index in [0.29, 0.717) is 22.6 Å². The zero-order valence-electron chi connectivity index (χ0n) is 16.2. The minimum absolute atomic E-state index is 0.0859. The van der Waals surface area contributed by atoms with Crippen LogP contribution in [0, 0.1) is 6.92 Å². The maximum atomic E-state index is 13.1. The van der Waals surface area contributed by atoms with Crippen molar-refractivity contribution >= 4 is 33.4 Å². The number of benzene rings is 1. The van der Waals surface area contributed by atoms with Gasteiger partial charge in [-0.2, -0.15) is 8.78 Å². The normalized spacial score (nSPS) is 11.5. The Labute approximate surface area is 173 Å². The number of alkyl halides is 2. The minimum Gasteiger partial charge on any atom is -0.300 e. The van der Waals surface area contributed by atoms with Gasteiger partial charge in [0.1, 0.15) is 6.54 Å². The summed E-state index contributed by atoms with van der Waals surface area (Å²) in [5.74, 6) is -0.351. The first-order valence-electron chi connectivity index (χ1n) is 9.17. The molecule has 0 aliphatic rings. The fourth-order valence-electron chi connectivity index (χ4n) is 3.34. The molecule has 0 atom stereocenters. The number of aromatic nitrogens is 5. The summed E-state index contributed by atoms with van der Waals surface area (Å²) in [5.41, 5.74) is 1.62. The summed E-state index contributed by atoms with van der Waals surface area (Å²) in [6.45, 7) is 1.09. The predicted octanol–water partition coefficient (Wildman–Crippen LogP) is 3.49. The van der Waals surface area contributed by atoms with Gasteiger partial charge in [-0.05, 0) is 26.0 Å². The summed E-state index contributed by atoms with van der Waals surface area (Å²) in [6, 6.07) is 7.25. The number of imidazole rings is 2. The zero-order chi connectivity index (χ0) is 21.4. The summed E-state index contributed by atoms with van der Waals surface area (Å²) in [6.07, 6.45) is 2.47. The fourth-order valence-corrected chi connectivity index (χ4v) is 4.32. The van der Waals surface area contributed by atoms with E-state index in [-0.39, 0.29) is 23.2 Å². The van der Waals surface area contributed by atoms with E-state index >= 15 is 0 Å². The van der Waals surface area contributed by atoms with Crippen LogP contribution in [0.4, 0.5) is 13.9 Å². The molecule has 0 aliphatic carbocycles. The highest BCUT2D eigenvalue weighted by Gasteiger charge is 2.20. The van der Waals surface area contributed by atoms with Crippen LogP contribution in [0.1, 0.15) is 19.2 Å². The third-order valence-corrected chi connectivity index (χ3v) is 5.74. The molecule has 156 valence electrons.